The zero-order chi connectivity index (χ0) is 10.5. The van der Waals surface area contributed by atoms with Crippen LogP contribution in [0.5, 0.6) is 5.75 Å². The highest BCUT2D eigenvalue weighted by atomic mass is 32.2. The van der Waals surface area contributed by atoms with E-state index in [2.05, 4.69) is 15.4 Å². The van der Waals surface area contributed by atoms with Crippen LogP contribution >= 0.6 is 11.8 Å². The summed E-state index contributed by atoms with van der Waals surface area (Å²) in [6, 6.07) is 8.01. The Bertz CT molecular complexity index is 399. The molecule has 0 unspecified atom stereocenters. The molecule has 1 heterocycles. The van der Waals surface area contributed by atoms with Gasteiger partial charge in [-0.05, 0) is 17.7 Å². The van der Waals surface area contributed by atoms with Gasteiger partial charge in [0.15, 0.2) is 0 Å². The van der Waals surface area contributed by atoms with E-state index in [4.69, 9.17) is 4.74 Å². The molecule has 0 saturated carbocycles. The first-order valence-corrected chi connectivity index (χ1v) is 5.48. The first-order valence-electron chi connectivity index (χ1n) is 4.50. The average Bonchev–Trinajstić information content (AvgIpc) is 2.80. The van der Waals surface area contributed by atoms with Gasteiger partial charge in [-0.3, -0.25) is 0 Å². The van der Waals surface area contributed by atoms with Gasteiger partial charge in [0, 0.05) is 5.75 Å². The number of thioether (sulfide) groups is 1. The lowest BCUT2D eigenvalue weighted by Gasteiger charge is -2.01. The predicted molar refractivity (Wildman–Crippen MR) is 58.9 cm³/mol. The topological polar surface area (TPSA) is 50.8 Å². The van der Waals surface area contributed by atoms with E-state index in [1.807, 2.05) is 24.3 Å². The minimum atomic E-state index is 0.880. The highest BCUT2D eigenvalue weighted by Gasteiger charge is 1.98. The predicted octanol–water partition coefficient (Wildman–Crippen LogP) is 2.11. The number of nitrogens with one attached hydrogen (secondary N) is 1. The summed E-state index contributed by atoms with van der Waals surface area (Å²) in [5.41, 5.74) is 1.24. The molecule has 0 aliphatic heterocycles. The van der Waals surface area contributed by atoms with E-state index in [0.29, 0.717) is 0 Å². The van der Waals surface area contributed by atoms with Gasteiger partial charge in [-0.1, -0.05) is 23.9 Å². The molecule has 78 valence electrons. The van der Waals surface area contributed by atoms with Gasteiger partial charge in [0.1, 0.15) is 10.8 Å². The van der Waals surface area contributed by atoms with E-state index in [9.17, 15) is 0 Å². The number of aromatic nitrogens is 3. The smallest absolute Gasteiger partial charge is 0.139 e. The fourth-order valence-corrected chi connectivity index (χ4v) is 1.88. The Balaban J connectivity index is 1.93. The molecule has 5 heteroatoms. The van der Waals surface area contributed by atoms with Crippen molar-refractivity contribution in [2.24, 2.45) is 0 Å². The summed E-state index contributed by atoms with van der Waals surface area (Å²) >= 11 is 1.65. The molecule has 0 bridgehead atoms. The molecule has 0 aliphatic rings. The highest BCUT2D eigenvalue weighted by Crippen LogP contribution is 2.20. The molecule has 0 atom stereocenters. The summed E-state index contributed by atoms with van der Waals surface area (Å²) in [5, 5.41) is 11.2. The normalized spacial score (nSPS) is 10.2. The quantitative estimate of drug-likeness (QED) is 0.803. The Hall–Kier alpha value is -1.49. The molecule has 0 fully saturated rings. The Labute approximate surface area is 92.0 Å². The standard InChI is InChI=1S/C10H11N3OS/c1-14-9-4-2-8(3-5-9)7-15-10-6-11-13-12-10/h2-6H,7H2,1H3,(H,11,12,13). The first-order chi connectivity index (χ1) is 7.38. The lowest BCUT2D eigenvalue weighted by atomic mass is 10.2. The van der Waals surface area contributed by atoms with E-state index in [1.165, 1.54) is 5.56 Å². The lowest BCUT2D eigenvalue weighted by molar-refractivity contribution is 0.414. The number of hydrogen-bond acceptors (Lipinski definition) is 4. The summed E-state index contributed by atoms with van der Waals surface area (Å²) in [6.07, 6.45) is 1.72. The van der Waals surface area contributed by atoms with Gasteiger partial charge in [-0.25, -0.2) is 0 Å². The van der Waals surface area contributed by atoms with Crippen molar-refractivity contribution in [3.8, 4) is 5.75 Å². The van der Waals surface area contributed by atoms with Gasteiger partial charge < -0.3 is 4.74 Å². The molecule has 1 aromatic heterocycles. The van der Waals surface area contributed by atoms with Crippen molar-refractivity contribution in [2.75, 3.05) is 7.11 Å². The van der Waals surface area contributed by atoms with Crippen LogP contribution in [-0.2, 0) is 5.75 Å². The molecular formula is C10H11N3OS. The van der Waals surface area contributed by atoms with Crippen LogP contribution in [0.25, 0.3) is 0 Å². The Morgan fingerprint density at radius 2 is 2.13 bits per heavy atom. The van der Waals surface area contributed by atoms with Crippen molar-refractivity contribution in [1.29, 1.82) is 0 Å². The van der Waals surface area contributed by atoms with E-state index in [-0.39, 0.29) is 0 Å². The number of rotatable bonds is 4. The van der Waals surface area contributed by atoms with Gasteiger partial charge in [-0.2, -0.15) is 10.3 Å². The number of ether oxygens (including phenoxy) is 1. The zero-order valence-electron chi connectivity index (χ0n) is 8.30. The maximum absolute atomic E-state index is 5.09. The summed E-state index contributed by atoms with van der Waals surface area (Å²) in [7, 11) is 1.67. The molecule has 2 rings (SSSR count). The second-order valence-electron chi connectivity index (χ2n) is 2.94. The molecule has 0 amide bonds. The van der Waals surface area contributed by atoms with Gasteiger partial charge in [-0.15, -0.1) is 5.10 Å². The van der Waals surface area contributed by atoms with E-state index in [0.717, 1.165) is 16.5 Å². The largest absolute Gasteiger partial charge is 0.497 e. The summed E-state index contributed by atoms with van der Waals surface area (Å²) in [4.78, 5) is 0. The van der Waals surface area contributed by atoms with Crippen LogP contribution in [0.2, 0.25) is 0 Å². The second kappa shape index (κ2) is 4.84. The summed E-state index contributed by atoms with van der Waals surface area (Å²) in [6.45, 7) is 0. The van der Waals surface area contributed by atoms with E-state index in [1.54, 1.807) is 25.1 Å². The fraction of sp³-hybridized carbons (Fsp3) is 0.200. The fourth-order valence-electron chi connectivity index (χ4n) is 1.14. The van der Waals surface area contributed by atoms with Gasteiger partial charge >= 0.3 is 0 Å². The van der Waals surface area contributed by atoms with Crippen molar-refractivity contribution in [3.05, 3.63) is 36.0 Å². The monoisotopic (exact) mass is 221 g/mol. The third kappa shape index (κ3) is 2.73. The van der Waals surface area contributed by atoms with Crippen molar-refractivity contribution in [2.45, 2.75) is 10.8 Å². The van der Waals surface area contributed by atoms with Crippen molar-refractivity contribution >= 4 is 11.8 Å². The van der Waals surface area contributed by atoms with Crippen LogP contribution in [0.15, 0.2) is 35.5 Å². The van der Waals surface area contributed by atoms with Crippen molar-refractivity contribution < 1.29 is 4.74 Å². The van der Waals surface area contributed by atoms with Crippen LogP contribution in [0.3, 0.4) is 0 Å². The Morgan fingerprint density at radius 1 is 1.33 bits per heavy atom. The molecule has 1 N–H and O–H groups in total. The molecule has 4 nitrogen and oxygen atoms in total. The number of aromatic amines is 1. The van der Waals surface area contributed by atoms with Gasteiger partial charge in [0.05, 0.1) is 13.3 Å². The number of nitrogens with zero attached hydrogens (tertiary/aromatic N) is 2. The minimum Gasteiger partial charge on any atom is -0.497 e. The first kappa shape index (κ1) is 10.0. The Kier molecular flexibility index (Phi) is 3.24. The molecule has 0 radical (unpaired) electrons. The van der Waals surface area contributed by atoms with Gasteiger partial charge in [0.25, 0.3) is 0 Å². The van der Waals surface area contributed by atoms with Crippen molar-refractivity contribution in [1.82, 2.24) is 15.4 Å². The number of methoxy groups -OCH3 is 1. The molecule has 0 aliphatic carbocycles. The molecular weight excluding hydrogens is 210 g/mol. The van der Waals surface area contributed by atoms with Crippen molar-refractivity contribution in [3.63, 3.8) is 0 Å². The summed E-state index contributed by atoms with van der Waals surface area (Å²) in [5.74, 6) is 1.77. The van der Waals surface area contributed by atoms with Gasteiger partial charge in [0.2, 0.25) is 0 Å². The van der Waals surface area contributed by atoms with Crippen LogP contribution in [0, 0.1) is 0 Å². The third-order valence-electron chi connectivity index (χ3n) is 1.94. The summed E-state index contributed by atoms with van der Waals surface area (Å²) < 4.78 is 5.09. The van der Waals surface area contributed by atoms with E-state index >= 15 is 0 Å². The second-order valence-corrected chi connectivity index (χ2v) is 3.94. The SMILES string of the molecule is COc1ccc(CSc2cn[nH]n2)cc1. The van der Waals surface area contributed by atoms with Crippen LogP contribution < -0.4 is 4.74 Å². The van der Waals surface area contributed by atoms with Crippen LogP contribution in [0.4, 0.5) is 0 Å². The highest BCUT2D eigenvalue weighted by molar-refractivity contribution is 7.98. The molecule has 2 aromatic rings. The molecule has 0 saturated heterocycles. The maximum Gasteiger partial charge on any atom is 0.139 e. The van der Waals surface area contributed by atoms with Crippen LogP contribution in [0.1, 0.15) is 5.56 Å². The third-order valence-corrected chi connectivity index (χ3v) is 2.91. The lowest BCUT2D eigenvalue weighted by Crippen LogP contribution is -1.84. The Morgan fingerprint density at radius 3 is 2.73 bits per heavy atom. The van der Waals surface area contributed by atoms with Crippen LogP contribution in [-0.4, -0.2) is 22.5 Å². The number of H-pyrrole nitrogens is 1. The molecule has 0 spiro atoms. The molecule has 15 heavy (non-hydrogen) atoms. The maximum atomic E-state index is 5.09. The minimum absolute atomic E-state index is 0.880. The van der Waals surface area contributed by atoms with E-state index < -0.39 is 0 Å². The molecule has 1 aromatic carbocycles. The average molecular weight is 221 g/mol. The zero-order valence-corrected chi connectivity index (χ0v) is 9.12. The number of hydrogen-bond donors (Lipinski definition) is 1. The number of benzene rings is 1.